The van der Waals surface area contributed by atoms with Crippen molar-refractivity contribution in [3.05, 3.63) is 62.3 Å². The largest absolute Gasteiger partial charge is 0.416 e. The molecule has 0 aliphatic carbocycles. The van der Waals surface area contributed by atoms with Gasteiger partial charge in [0.2, 0.25) is 11.7 Å². The minimum absolute atomic E-state index is 0.0390. The van der Waals surface area contributed by atoms with Crippen molar-refractivity contribution in [2.24, 2.45) is 5.73 Å². The number of ether oxygens (including phenoxy) is 1. The van der Waals surface area contributed by atoms with E-state index < -0.39 is 29.2 Å². The first-order valence-electron chi connectivity index (χ1n) is 12.9. The average Bonchev–Trinajstić information content (AvgIpc) is 3.58. The van der Waals surface area contributed by atoms with Crippen LogP contribution in [0.25, 0.3) is 11.4 Å². The maximum atomic E-state index is 14.0. The molecule has 10 nitrogen and oxygen atoms in total. The van der Waals surface area contributed by atoms with E-state index in [1.807, 2.05) is 24.9 Å². The molecular weight excluding hydrogens is 551 g/mol. The number of nitrogens with zero attached hydrogens (tertiary/aromatic N) is 5. The van der Waals surface area contributed by atoms with Gasteiger partial charge in [-0.05, 0) is 44.0 Å². The van der Waals surface area contributed by atoms with E-state index in [0.717, 1.165) is 34.7 Å². The summed E-state index contributed by atoms with van der Waals surface area (Å²) < 4.78 is 48.2. The molecule has 0 radical (unpaired) electrons. The number of benzene rings is 1. The molecule has 3 N–H and O–H groups in total. The Morgan fingerprint density at radius 1 is 1.35 bits per heavy atom. The molecule has 0 bridgehead atoms. The minimum Gasteiger partial charge on any atom is -0.377 e. The highest BCUT2D eigenvalue weighted by Crippen LogP contribution is 2.37. The number of hydrogen-bond donors (Lipinski definition) is 2. The Balaban J connectivity index is 1.80. The monoisotopic (exact) mass is 579 g/mol. The summed E-state index contributed by atoms with van der Waals surface area (Å²) in [5.41, 5.74) is 6.16. The third-order valence-electron chi connectivity index (χ3n) is 7.41. The van der Waals surface area contributed by atoms with Gasteiger partial charge in [0, 0.05) is 29.7 Å². The van der Waals surface area contributed by atoms with Crippen LogP contribution in [0.3, 0.4) is 0 Å². The van der Waals surface area contributed by atoms with E-state index in [4.69, 9.17) is 22.1 Å². The highest BCUT2D eigenvalue weighted by atomic mass is 35.5. The number of amides is 1. The number of nitrogens with one attached hydrogen (secondary N) is 1. The number of alkyl halides is 3. The molecule has 214 valence electrons. The van der Waals surface area contributed by atoms with Crippen LogP contribution in [0, 0.1) is 0 Å². The smallest absolute Gasteiger partial charge is 0.377 e. The van der Waals surface area contributed by atoms with Gasteiger partial charge in [-0.3, -0.25) is 14.2 Å². The second kappa shape index (κ2) is 10.9. The van der Waals surface area contributed by atoms with Crippen LogP contribution in [0.2, 0.25) is 5.02 Å². The number of likely N-dealkylation sites (N-methyl/N-ethyl adjacent to an activating group) is 1. The number of fused-ring (bicyclic) bond motifs is 1. The molecule has 1 aromatic carbocycles. The lowest BCUT2D eigenvalue weighted by Gasteiger charge is -2.28. The van der Waals surface area contributed by atoms with Gasteiger partial charge in [-0.25, -0.2) is 0 Å². The van der Waals surface area contributed by atoms with Crippen molar-refractivity contribution in [3.8, 4) is 0 Å². The molecule has 1 amide bonds. The van der Waals surface area contributed by atoms with Gasteiger partial charge in [-0.1, -0.05) is 30.7 Å². The molecule has 3 aromatic rings. The number of nitrogens with two attached hydrogens (primary N) is 1. The number of rotatable bonds is 7. The van der Waals surface area contributed by atoms with Crippen molar-refractivity contribution in [3.63, 3.8) is 0 Å². The van der Waals surface area contributed by atoms with Crippen molar-refractivity contribution >= 4 is 34.5 Å². The summed E-state index contributed by atoms with van der Waals surface area (Å²) in [5.74, 6) is -0.543. The number of carbonyl (C=O) groups is 1. The lowest BCUT2D eigenvalue weighted by Crippen LogP contribution is -2.38. The lowest BCUT2D eigenvalue weighted by molar-refractivity contribution is -0.137. The summed E-state index contributed by atoms with van der Waals surface area (Å²) in [6, 6.07) is 1.53. The highest BCUT2D eigenvalue weighted by Gasteiger charge is 2.36. The van der Waals surface area contributed by atoms with Gasteiger partial charge in [0.05, 0.1) is 24.5 Å². The van der Waals surface area contributed by atoms with Crippen molar-refractivity contribution in [2.75, 3.05) is 38.3 Å². The molecule has 1 saturated heterocycles. The number of carbonyl (C=O) groups excluding carboxylic acids is 1. The topological polar surface area (TPSA) is 120 Å². The third kappa shape index (κ3) is 4.97. The first-order valence-corrected chi connectivity index (χ1v) is 13.3. The van der Waals surface area contributed by atoms with E-state index in [0.29, 0.717) is 56.4 Å². The van der Waals surface area contributed by atoms with Crippen LogP contribution < -0.4 is 21.5 Å². The summed E-state index contributed by atoms with van der Waals surface area (Å²) in [6.45, 7) is 3.76. The second-order valence-electron chi connectivity index (χ2n) is 9.78. The van der Waals surface area contributed by atoms with Gasteiger partial charge in [-0.15, -0.1) is 5.10 Å². The molecule has 0 spiro atoms. The Kier molecular flexibility index (Phi) is 7.64. The van der Waals surface area contributed by atoms with Gasteiger partial charge in [-0.2, -0.15) is 22.7 Å². The first kappa shape index (κ1) is 28.1. The standard InChI is InChI=1S/C26H29ClF3N7O3/c1-3-19-21(35-9-6-16(13-35)32-2)24(39)37-25(33-23(34-37)14-7-10-40-11-8-14)36(19)20(22(31)38)17-5-4-15(12-18(17)27)26(28,29)30/h4-5,7,12,16,20,32H,3,6,8-11,13H2,1-2H3,(H2,31,38). The first-order chi connectivity index (χ1) is 19.0. The Morgan fingerprint density at radius 3 is 2.70 bits per heavy atom. The van der Waals surface area contributed by atoms with Crippen molar-refractivity contribution in [2.45, 2.75) is 44.4 Å². The van der Waals surface area contributed by atoms with Crippen molar-refractivity contribution in [1.82, 2.24) is 24.5 Å². The van der Waals surface area contributed by atoms with Crippen molar-refractivity contribution < 1.29 is 22.7 Å². The Morgan fingerprint density at radius 2 is 2.12 bits per heavy atom. The van der Waals surface area contributed by atoms with Gasteiger partial charge in [0.25, 0.3) is 5.56 Å². The number of primary amides is 1. The van der Waals surface area contributed by atoms with Crippen LogP contribution in [0.1, 0.15) is 48.5 Å². The van der Waals surface area contributed by atoms with Crippen LogP contribution in [0.15, 0.2) is 29.1 Å². The van der Waals surface area contributed by atoms with Crippen LogP contribution in [0.5, 0.6) is 0 Å². The molecule has 5 rings (SSSR count). The normalized spacial score (nSPS) is 18.8. The van der Waals surface area contributed by atoms with E-state index in [2.05, 4.69) is 15.4 Å². The minimum atomic E-state index is -4.63. The fraction of sp³-hybridized carbons (Fsp3) is 0.462. The average molecular weight is 580 g/mol. The number of anilines is 1. The molecule has 2 aliphatic rings. The molecule has 2 unspecified atom stereocenters. The summed E-state index contributed by atoms with van der Waals surface area (Å²) in [7, 11) is 1.84. The predicted octanol–water partition coefficient (Wildman–Crippen LogP) is 2.80. The van der Waals surface area contributed by atoms with Crippen molar-refractivity contribution in [1.29, 1.82) is 0 Å². The Hall–Kier alpha value is -3.42. The molecule has 1 fully saturated rings. The number of hydrogen-bond acceptors (Lipinski definition) is 7. The van der Waals surface area contributed by atoms with Gasteiger partial charge < -0.3 is 20.7 Å². The number of aromatic nitrogens is 4. The summed E-state index contributed by atoms with van der Waals surface area (Å²) >= 11 is 6.37. The molecule has 40 heavy (non-hydrogen) atoms. The molecule has 2 atom stereocenters. The zero-order chi connectivity index (χ0) is 28.8. The van der Waals surface area contributed by atoms with E-state index in [-0.39, 0.29) is 22.4 Å². The molecule has 2 aromatic heterocycles. The van der Waals surface area contributed by atoms with E-state index in [1.54, 1.807) is 0 Å². The van der Waals surface area contributed by atoms with Crippen LogP contribution in [-0.4, -0.2) is 64.5 Å². The van der Waals surface area contributed by atoms with Crippen LogP contribution in [0.4, 0.5) is 18.9 Å². The SMILES string of the molecule is CCc1c(N2CCC(NC)C2)c(=O)n2nc(C3=CCOCC3)nc2n1C(C(N)=O)c1ccc(C(F)(F)F)cc1Cl. The molecule has 14 heteroatoms. The maximum absolute atomic E-state index is 14.0. The Labute approximate surface area is 232 Å². The van der Waals surface area contributed by atoms with E-state index in [1.165, 1.54) is 4.57 Å². The molecule has 0 saturated carbocycles. The molecule has 2 aliphatic heterocycles. The maximum Gasteiger partial charge on any atom is 0.416 e. The Bertz CT molecular complexity index is 1550. The van der Waals surface area contributed by atoms with E-state index in [9.17, 15) is 22.8 Å². The predicted molar refractivity (Wildman–Crippen MR) is 144 cm³/mol. The van der Waals surface area contributed by atoms with Gasteiger partial charge in [0.1, 0.15) is 11.7 Å². The summed E-state index contributed by atoms with van der Waals surface area (Å²) in [4.78, 5) is 33.6. The second-order valence-corrected chi connectivity index (χ2v) is 10.2. The number of halogens is 4. The summed E-state index contributed by atoms with van der Waals surface area (Å²) in [5, 5.41) is 7.45. The van der Waals surface area contributed by atoms with Gasteiger partial charge >= 0.3 is 6.18 Å². The summed E-state index contributed by atoms with van der Waals surface area (Å²) in [6.07, 6.45) is -1.20. The highest BCUT2D eigenvalue weighted by molar-refractivity contribution is 6.31. The molecule has 4 heterocycles. The zero-order valence-corrected chi connectivity index (χ0v) is 22.7. The zero-order valence-electron chi connectivity index (χ0n) is 22.0. The van der Waals surface area contributed by atoms with Crippen LogP contribution >= 0.6 is 11.6 Å². The van der Waals surface area contributed by atoms with Gasteiger partial charge in [0.15, 0.2) is 5.82 Å². The van der Waals surface area contributed by atoms with E-state index >= 15 is 0 Å². The lowest BCUT2D eigenvalue weighted by atomic mass is 10.0. The third-order valence-corrected chi connectivity index (χ3v) is 7.74. The molecular formula is C26H29ClF3N7O3. The fourth-order valence-corrected chi connectivity index (χ4v) is 5.68. The fourth-order valence-electron chi connectivity index (χ4n) is 5.39. The quantitative estimate of drug-likeness (QED) is 0.442. The van der Waals surface area contributed by atoms with Crippen LogP contribution in [-0.2, 0) is 22.1 Å².